The molecule has 342 valence electrons. The molecule has 0 fully saturated rings. The van der Waals surface area contributed by atoms with Crippen molar-refractivity contribution in [1.29, 1.82) is 0 Å². The van der Waals surface area contributed by atoms with Crippen molar-refractivity contribution in [2.24, 2.45) is 5.73 Å². The van der Waals surface area contributed by atoms with Gasteiger partial charge >= 0.3 is 25.7 Å². The lowest BCUT2D eigenvalue weighted by Gasteiger charge is -2.20. The van der Waals surface area contributed by atoms with Crippen LogP contribution in [0.4, 0.5) is 0 Å². The number of hydrogen-bond donors (Lipinski definition) is 4. The summed E-state index contributed by atoms with van der Waals surface area (Å²) >= 11 is 0. The molecule has 1 unspecified atom stereocenters. The zero-order chi connectivity index (χ0) is 45.1. The third kappa shape index (κ3) is 41.0. The normalized spacial score (nSPS) is 15.4. The van der Waals surface area contributed by atoms with Gasteiger partial charge in [0.15, 0.2) is 6.10 Å². The van der Waals surface area contributed by atoms with E-state index < -0.39 is 63.8 Å². The zero-order valence-electron chi connectivity index (χ0n) is 36.6. The molecule has 0 saturated heterocycles. The van der Waals surface area contributed by atoms with Crippen molar-refractivity contribution < 1.29 is 52.6 Å². The first kappa shape index (κ1) is 56.8. The fraction of sp³-hybridized carbons (Fsp3) is 0.521. The number of esters is 2. The molecule has 0 rings (SSSR count). The molecule has 13 heteroatoms. The summed E-state index contributed by atoms with van der Waals surface area (Å²) in [5, 5.41) is 18.4. The second kappa shape index (κ2) is 41.2. The number of carboxylic acid groups (broad SMARTS) is 1. The number of aliphatic carboxylic acids is 1. The summed E-state index contributed by atoms with van der Waals surface area (Å²) in [4.78, 5) is 46.0. The Bertz CT molecular complexity index is 1510. The van der Waals surface area contributed by atoms with Crippen molar-refractivity contribution in [3.05, 3.63) is 122 Å². The molecule has 0 spiro atoms. The number of nitrogens with two attached hydrogens (primary N) is 1. The highest BCUT2D eigenvalue weighted by atomic mass is 31.2. The van der Waals surface area contributed by atoms with Crippen molar-refractivity contribution in [3.8, 4) is 0 Å². The molecule has 61 heavy (non-hydrogen) atoms. The number of carbonyl (C=O) groups excluding carboxylic acids is 2. The summed E-state index contributed by atoms with van der Waals surface area (Å²) in [5.41, 5.74) is 5.32. The van der Waals surface area contributed by atoms with Gasteiger partial charge in [-0.25, -0.2) is 4.57 Å². The third-order valence-corrected chi connectivity index (χ3v) is 9.31. The number of phosphoric acid groups is 1. The maximum absolute atomic E-state index is 12.6. The predicted molar refractivity (Wildman–Crippen MR) is 245 cm³/mol. The highest BCUT2D eigenvalue weighted by Gasteiger charge is 2.28. The smallest absolute Gasteiger partial charge is 0.472 e. The molecule has 0 aliphatic heterocycles. The minimum absolute atomic E-state index is 0.0531. The highest BCUT2D eigenvalue weighted by molar-refractivity contribution is 7.47. The largest absolute Gasteiger partial charge is 0.480 e. The lowest BCUT2D eigenvalue weighted by atomic mass is 10.1. The van der Waals surface area contributed by atoms with E-state index in [2.05, 4.69) is 96.5 Å². The number of hydrogen-bond acceptors (Lipinski definition) is 10. The molecule has 0 saturated carbocycles. The number of rotatable bonds is 38. The van der Waals surface area contributed by atoms with E-state index in [0.717, 1.165) is 70.6 Å². The SMILES string of the molecule is CC/C=C\C/C=C\C/C=C\C/C=C\C/C=C\CCCCCC(=O)OC[C@H](COP(=O)(O)OC[C@H](N)C(=O)O)OC(=O)CCC/C=C\C/C=C\C/C=C\C/C=C\C=C\[C@H](O)CC. The first-order chi connectivity index (χ1) is 29.5. The predicted octanol–water partition coefficient (Wildman–Crippen LogP) is 10.6. The van der Waals surface area contributed by atoms with E-state index in [0.29, 0.717) is 25.7 Å². The standard InChI is InChI=1S/C48H74NO11P/c1-3-5-6-7-8-9-10-11-12-13-14-15-16-20-23-26-29-32-35-38-46(51)57-40-44(41-58-61(55,56)59-42-45(49)48(53)54)60-47(52)39-36-33-30-27-24-21-18-17-19-22-25-28-31-34-37-43(50)4-2/h5-6,8-9,11-12,14-15,18-23,27-28,30-31,34,37,43-45,50H,3-4,7,10,13,16-17,24-26,29,32-33,35-36,38-42,49H2,1-2H3,(H,53,54)(H,55,56)/b6-5-,9-8-,12-11-,15-14-,21-18-,22-19-,23-20-,30-27-,31-28-,37-34+/t43-,44-,45+/m1/s1. The summed E-state index contributed by atoms with van der Waals surface area (Å²) in [6.45, 7) is 2.23. The Morgan fingerprint density at radius 3 is 1.59 bits per heavy atom. The van der Waals surface area contributed by atoms with Gasteiger partial charge in [-0.1, -0.05) is 142 Å². The number of allylic oxidation sites excluding steroid dienone is 19. The molecule has 0 aromatic rings. The summed E-state index contributed by atoms with van der Waals surface area (Å²) in [5.74, 6) is -2.54. The van der Waals surface area contributed by atoms with Crippen LogP contribution in [-0.4, -0.2) is 71.1 Å². The number of carbonyl (C=O) groups is 3. The van der Waals surface area contributed by atoms with Crippen LogP contribution in [0.25, 0.3) is 0 Å². The van der Waals surface area contributed by atoms with Gasteiger partial charge in [0.2, 0.25) is 0 Å². The van der Waals surface area contributed by atoms with Crippen LogP contribution in [0.2, 0.25) is 0 Å². The molecule has 0 aromatic carbocycles. The summed E-state index contributed by atoms with van der Waals surface area (Å²) < 4.78 is 32.6. The van der Waals surface area contributed by atoms with E-state index in [1.807, 2.05) is 37.3 Å². The lowest BCUT2D eigenvalue weighted by Crippen LogP contribution is -2.34. The van der Waals surface area contributed by atoms with E-state index in [1.54, 1.807) is 6.08 Å². The average Bonchev–Trinajstić information content (AvgIpc) is 3.24. The quantitative estimate of drug-likeness (QED) is 0.0151. The molecule has 0 radical (unpaired) electrons. The van der Waals surface area contributed by atoms with Gasteiger partial charge in [-0.2, -0.15) is 0 Å². The minimum atomic E-state index is -4.76. The number of phosphoric ester groups is 1. The van der Waals surface area contributed by atoms with Crippen LogP contribution in [0.1, 0.15) is 123 Å². The second-order valence-electron chi connectivity index (χ2n) is 13.9. The van der Waals surface area contributed by atoms with Crippen molar-refractivity contribution in [2.45, 2.75) is 141 Å². The zero-order valence-corrected chi connectivity index (χ0v) is 37.4. The minimum Gasteiger partial charge on any atom is -0.480 e. The van der Waals surface area contributed by atoms with Crippen LogP contribution in [0.5, 0.6) is 0 Å². The van der Waals surface area contributed by atoms with Crippen LogP contribution in [0.15, 0.2) is 122 Å². The molecule has 5 N–H and O–H groups in total. The van der Waals surface area contributed by atoms with Crippen molar-refractivity contribution in [3.63, 3.8) is 0 Å². The first-order valence-corrected chi connectivity index (χ1v) is 23.2. The Labute approximate surface area is 365 Å². The van der Waals surface area contributed by atoms with Crippen molar-refractivity contribution >= 4 is 25.7 Å². The Morgan fingerprint density at radius 1 is 0.590 bits per heavy atom. The van der Waals surface area contributed by atoms with E-state index in [-0.39, 0.29) is 12.8 Å². The molecule has 12 nitrogen and oxygen atoms in total. The van der Waals surface area contributed by atoms with Crippen LogP contribution >= 0.6 is 7.82 Å². The first-order valence-electron chi connectivity index (χ1n) is 21.7. The maximum Gasteiger partial charge on any atom is 0.472 e. The average molecular weight is 872 g/mol. The molecule has 0 amide bonds. The monoisotopic (exact) mass is 871 g/mol. The van der Waals surface area contributed by atoms with Crippen LogP contribution < -0.4 is 5.73 Å². The number of ether oxygens (including phenoxy) is 2. The van der Waals surface area contributed by atoms with Crippen molar-refractivity contribution in [2.75, 3.05) is 19.8 Å². The van der Waals surface area contributed by atoms with Crippen LogP contribution in [0.3, 0.4) is 0 Å². The van der Waals surface area contributed by atoms with Crippen LogP contribution in [0, 0.1) is 0 Å². The Hall–Kier alpha value is -4.16. The van der Waals surface area contributed by atoms with Crippen LogP contribution in [-0.2, 0) is 37.5 Å². The van der Waals surface area contributed by atoms with E-state index in [4.69, 9.17) is 24.8 Å². The molecule has 0 heterocycles. The van der Waals surface area contributed by atoms with E-state index in [9.17, 15) is 28.9 Å². The number of unbranched alkanes of at least 4 members (excludes halogenated alkanes) is 4. The second-order valence-corrected chi connectivity index (χ2v) is 15.4. The number of carboxylic acids is 1. The molecule has 0 aliphatic carbocycles. The maximum atomic E-state index is 12.6. The van der Waals surface area contributed by atoms with Gasteiger partial charge in [-0.15, -0.1) is 0 Å². The Balaban J connectivity index is 4.57. The Morgan fingerprint density at radius 2 is 1.07 bits per heavy atom. The van der Waals surface area contributed by atoms with Gasteiger partial charge in [0, 0.05) is 12.8 Å². The summed E-state index contributed by atoms with van der Waals surface area (Å²) in [7, 11) is -4.76. The van der Waals surface area contributed by atoms with Crippen molar-refractivity contribution in [1.82, 2.24) is 0 Å². The molecule has 4 atom stereocenters. The molecule has 0 aliphatic rings. The molecule has 0 aromatic heterocycles. The van der Waals surface area contributed by atoms with Gasteiger partial charge in [-0.05, 0) is 89.9 Å². The highest BCUT2D eigenvalue weighted by Crippen LogP contribution is 2.43. The van der Waals surface area contributed by atoms with Gasteiger partial charge in [0.25, 0.3) is 0 Å². The molecule has 0 bridgehead atoms. The van der Waals surface area contributed by atoms with E-state index in [1.165, 1.54) is 0 Å². The van der Waals surface area contributed by atoms with Gasteiger partial charge in [-0.3, -0.25) is 23.4 Å². The fourth-order valence-electron chi connectivity index (χ4n) is 4.84. The van der Waals surface area contributed by atoms with E-state index >= 15 is 0 Å². The summed E-state index contributed by atoms with van der Waals surface area (Å²) in [6.07, 6.45) is 52.2. The molecular weight excluding hydrogens is 797 g/mol. The topological polar surface area (TPSA) is 192 Å². The Kier molecular flexibility index (Phi) is 38.4. The fourth-order valence-corrected chi connectivity index (χ4v) is 5.62. The molecular formula is C48H74NO11P. The summed E-state index contributed by atoms with van der Waals surface area (Å²) in [6, 6.07) is -1.55. The number of aliphatic hydroxyl groups excluding tert-OH is 1. The third-order valence-electron chi connectivity index (χ3n) is 8.36. The van der Waals surface area contributed by atoms with Gasteiger partial charge in [0.05, 0.1) is 19.3 Å². The lowest BCUT2D eigenvalue weighted by molar-refractivity contribution is -0.161. The number of aliphatic hydroxyl groups is 1. The van der Waals surface area contributed by atoms with Gasteiger partial charge < -0.3 is 30.3 Å². The van der Waals surface area contributed by atoms with Gasteiger partial charge in [0.1, 0.15) is 12.6 Å².